The number of nitrogens with zero attached hydrogens (tertiary/aromatic N) is 1. The van der Waals surface area contributed by atoms with Crippen molar-refractivity contribution in [1.82, 2.24) is 4.90 Å². The molecule has 0 radical (unpaired) electrons. The van der Waals surface area contributed by atoms with Crippen molar-refractivity contribution in [3.8, 4) is 0 Å². The molecule has 2 nitrogen and oxygen atoms in total. The highest BCUT2D eigenvalue weighted by Crippen LogP contribution is 2.34. The first-order chi connectivity index (χ1) is 8.98. The normalized spacial score (nSPS) is 21.0. The maximum Gasteiger partial charge on any atom is 0.227 e. The van der Waals surface area contributed by atoms with Gasteiger partial charge in [-0.15, -0.1) is 0 Å². The Morgan fingerprint density at radius 2 is 1.89 bits per heavy atom. The Labute approximate surface area is 120 Å². The summed E-state index contributed by atoms with van der Waals surface area (Å²) < 4.78 is 0. The van der Waals surface area contributed by atoms with Crippen LogP contribution >= 0.6 is 11.8 Å². The summed E-state index contributed by atoms with van der Waals surface area (Å²) in [7, 11) is 0. The SMILES string of the molecule is CC(C)(C)C(=O)N1CCS[C@@H](c2ccccc2)CC1. The number of carbonyl (C=O) groups excluding carboxylic acids is 1. The second-order valence-corrected chi connectivity index (χ2v) is 7.41. The monoisotopic (exact) mass is 277 g/mol. The van der Waals surface area contributed by atoms with Crippen LogP contribution in [0.1, 0.15) is 38.0 Å². The van der Waals surface area contributed by atoms with Gasteiger partial charge in [0.1, 0.15) is 0 Å². The van der Waals surface area contributed by atoms with Crippen molar-refractivity contribution >= 4 is 17.7 Å². The molecule has 1 aliphatic heterocycles. The largest absolute Gasteiger partial charge is 0.341 e. The van der Waals surface area contributed by atoms with E-state index in [4.69, 9.17) is 0 Å². The lowest BCUT2D eigenvalue weighted by Gasteiger charge is -2.28. The lowest BCUT2D eigenvalue weighted by molar-refractivity contribution is -0.139. The van der Waals surface area contributed by atoms with Crippen molar-refractivity contribution in [1.29, 1.82) is 0 Å². The van der Waals surface area contributed by atoms with Crippen LogP contribution in [0, 0.1) is 5.41 Å². The number of carbonyl (C=O) groups is 1. The minimum atomic E-state index is -0.267. The molecular weight excluding hydrogens is 254 g/mol. The predicted molar refractivity (Wildman–Crippen MR) is 82.3 cm³/mol. The highest BCUT2D eigenvalue weighted by Gasteiger charge is 2.29. The Balaban J connectivity index is 2.01. The van der Waals surface area contributed by atoms with Crippen LogP contribution in [0.5, 0.6) is 0 Å². The minimum absolute atomic E-state index is 0.267. The molecule has 19 heavy (non-hydrogen) atoms. The van der Waals surface area contributed by atoms with Crippen LogP contribution in [0.25, 0.3) is 0 Å². The molecule has 1 saturated heterocycles. The highest BCUT2D eigenvalue weighted by atomic mass is 32.2. The summed E-state index contributed by atoms with van der Waals surface area (Å²) in [6.07, 6.45) is 1.05. The number of hydrogen-bond donors (Lipinski definition) is 0. The van der Waals surface area contributed by atoms with Gasteiger partial charge in [-0.1, -0.05) is 51.1 Å². The van der Waals surface area contributed by atoms with Crippen molar-refractivity contribution in [3.05, 3.63) is 35.9 Å². The smallest absolute Gasteiger partial charge is 0.227 e. The average Bonchev–Trinajstić information content (AvgIpc) is 2.63. The Bertz CT molecular complexity index is 424. The maximum atomic E-state index is 12.3. The molecule has 104 valence electrons. The van der Waals surface area contributed by atoms with E-state index in [1.807, 2.05) is 37.4 Å². The zero-order chi connectivity index (χ0) is 13.9. The molecule has 1 aromatic rings. The third-order valence-electron chi connectivity index (χ3n) is 3.44. The van der Waals surface area contributed by atoms with Crippen molar-refractivity contribution in [2.24, 2.45) is 5.41 Å². The van der Waals surface area contributed by atoms with Gasteiger partial charge in [-0.25, -0.2) is 0 Å². The minimum Gasteiger partial charge on any atom is -0.341 e. The quantitative estimate of drug-likeness (QED) is 0.779. The molecule has 0 unspecified atom stereocenters. The van der Waals surface area contributed by atoms with Crippen LogP contribution in [0.15, 0.2) is 30.3 Å². The third kappa shape index (κ3) is 3.75. The van der Waals surface area contributed by atoms with Crippen LogP contribution in [0.3, 0.4) is 0 Å². The summed E-state index contributed by atoms with van der Waals surface area (Å²) in [5.74, 6) is 1.31. The zero-order valence-corrected chi connectivity index (χ0v) is 12.9. The Kier molecular flexibility index (Phi) is 4.56. The van der Waals surface area contributed by atoms with E-state index in [-0.39, 0.29) is 11.3 Å². The lowest BCUT2D eigenvalue weighted by atomic mass is 9.94. The van der Waals surface area contributed by atoms with Gasteiger partial charge in [0.15, 0.2) is 0 Å². The molecule has 0 spiro atoms. The van der Waals surface area contributed by atoms with Crippen molar-refractivity contribution in [2.45, 2.75) is 32.4 Å². The fourth-order valence-electron chi connectivity index (χ4n) is 2.38. The number of hydrogen-bond acceptors (Lipinski definition) is 2. The average molecular weight is 277 g/mol. The van der Waals surface area contributed by atoms with Crippen molar-refractivity contribution in [2.75, 3.05) is 18.8 Å². The molecule has 3 heteroatoms. The first-order valence-corrected chi connectivity index (χ1v) is 7.99. The van der Waals surface area contributed by atoms with E-state index in [9.17, 15) is 4.79 Å². The van der Waals surface area contributed by atoms with Gasteiger partial charge in [0.2, 0.25) is 5.91 Å². The Morgan fingerprint density at radius 1 is 1.21 bits per heavy atom. The van der Waals surface area contributed by atoms with Gasteiger partial charge in [0.05, 0.1) is 0 Å². The fourth-order valence-corrected chi connectivity index (χ4v) is 3.61. The molecule has 0 aromatic heterocycles. The Hall–Kier alpha value is -0.960. The van der Waals surface area contributed by atoms with Crippen LogP contribution in [-0.2, 0) is 4.79 Å². The number of benzene rings is 1. The van der Waals surface area contributed by atoms with E-state index < -0.39 is 0 Å². The summed E-state index contributed by atoms with van der Waals surface area (Å²) in [4.78, 5) is 14.4. The number of amides is 1. The zero-order valence-electron chi connectivity index (χ0n) is 12.1. The molecule has 1 amide bonds. The first-order valence-electron chi connectivity index (χ1n) is 6.94. The van der Waals surface area contributed by atoms with Gasteiger partial charge in [0.25, 0.3) is 0 Å². The van der Waals surface area contributed by atoms with Crippen molar-refractivity contribution < 1.29 is 4.79 Å². The molecule has 0 aliphatic carbocycles. The van der Waals surface area contributed by atoms with E-state index in [1.165, 1.54) is 5.56 Å². The van der Waals surface area contributed by atoms with Gasteiger partial charge in [-0.2, -0.15) is 11.8 Å². The molecule has 0 saturated carbocycles. The van der Waals surface area contributed by atoms with Gasteiger partial charge >= 0.3 is 0 Å². The standard InChI is InChI=1S/C16H23NOS/c1-16(2,3)15(18)17-10-9-14(19-12-11-17)13-7-5-4-6-8-13/h4-8,14H,9-12H2,1-3H3/t14-/m1/s1. The van der Waals surface area contributed by atoms with Gasteiger partial charge in [0, 0.05) is 29.5 Å². The summed E-state index contributed by atoms with van der Waals surface area (Å²) in [5, 5.41) is 0.527. The summed E-state index contributed by atoms with van der Waals surface area (Å²) in [5.41, 5.74) is 1.12. The van der Waals surface area contributed by atoms with Crippen LogP contribution in [0.2, 0.25) is 0 Å². The topological polar surface area (TPSA) is 20.3 Å². The molecule has 0 bridgehead atoms. The maximum absolute atomic E-state index is 12.3. The molecular formula is C16H23NOS. The predicted octanol–water partition coefficient (Wildman–Crippen LogP) is 3.74. The van der Waals surface area contributed by atoms with E-state index in [0.717, 1.165) is 25.3 Å². The van der Waals surface area contributed by atoms with Gasteiger partial charge in [-0.05, 0) is 12.0 Å². The second kappa shape index (κ2) is 6.00. The molecule has 1 fully saturated rings. The summed E-state index contributed by atoms with van der Waals surface area (Å²) in [6.45, 7) is 7.76. The highest BCUT2D eigenvalue weighted by molar-refractivity contribution is 7.99. The van der Waals surface area contributed by atoms with Crippen molar-refractivity contribution in [3.63, 3.8) is 0 Å². The van der Waals surface area contributed by atoms with Crippen LogP contribution in [-0.4, -0.2) is 29.6 Å². The Morgan fingerprint density at radius 3 is 2.53 bits per heavy atom. The van der Waals surface area contributed by atoms with E-state index in [1.54, 1.807) is 0 Å². The van der Waals surface area contributed by atoms with E-state index in [2.05, 4.69) is 30.3 Å². The van der Waals surface area contributed by atoms with Crippen LogP contribution in [0.4, 0.5) is 0 Å². The number of thioether (sulfide) groups is 1. The number of rotatable bonds is 1. The molecule has 1 heterocycles. The van der Waals surface area contributed by atoms with Gasteiger partial charge < -0.3 is 4.90 Å². The second-order valence-electron chi connectivity index (χ2n) is 6.10. The van der Waals surface area contributed by atoms with Crippen LogP contribution < -0.4 is 0 Å². The summed E-state index contributed by atoms with van der Waals surface area (Å²) in [6, 6.07) is 10.6. The van der Waals surface area contributed by atoms with Gasteiger partial charge in [-0.3, -0.25) is 4.79 Å². The molecule has 0 N–H and O–H groups in total. The lowest BCUT2D eigenvalue weighted by Crippen LogP contribution is -2.40. The summed E-state index contributed by atoms with van der Waals surface area (Å²) >= 11 is 1.98. The third-order valence-corrected chi connectivity index (χ3v) is 4.77. The molecule has 1 aromatic carbocycles. The fraction of sp³-hybridized carbons (Fsp3) is 0.562. The first kappa shape index (κ1) is 14.4. The van der Waals surface area contributed by atoms with E-state index in [0.29, 0.717) is 5.25 Å². The molecule has 2 rings (SSSR count). The molecule has 1 aliphatic rings. The molecule has 1 atom stereocenters. The van der Waals surface area contributed by atoms with E-state index >= 15 is 0 Å².